The van der Waals surface area contributed by atoms with Crippen molar-refractivity contribution in [3.63, 3.8) is 0 Å². The quantitative estimate of drug-likeness (QED) is 0.567. The van der Waals surface area contributed by atoms with Gasteiger partial charge >= 0.3 is 0 Å². The Morgan fingerprint density at radius 2 is 2.12 bits per heavy atom. The summed E-state index contributed by atoms with van der Waals surface area (Å²) in [7, 11) is 0. The van der Waals surface area contributed by atoms with Gasteiger partial charge < -0.3 is 16.2 Å². The van der Waals surface area contributed by atoms with Crippen molar-refractivity contribution in [2.45, 2.75) is 30.3 Å². The Hall–Kier alpha value is -0.710. The fourth-order valence-electron chi connectivity index (χ4n) is 2.08. The molecule has 1 aliphatic heterocycles. The van der Waals surface area contributed by atoms with Gasteiger partial charge in [-0.2, -0.15) is 0 Å². The predicted molar refractivity (Wildman–Crippen MR) is 73.4 cm³/mol. The van der Waals surface area contributed by atoms with Gasteiger partial charge in [0.15, 0.2) is 0 Å². The van der Waals surface area contributed by atoms with Crippen molar-refractivity contribution in [1.29, 1.82) is 0 Å². The SMILES string of the molecule is Cc1cc(N)ccc1SCC1(O)CCNCC1. The number of aryl methyl sites for hydroxylation is 1. The van der Waals surface area contributed by atoms with Gasteiger partial charge in [0.1, 0.15) is 0 Å². The standard InChI is InChI=1S/C13H20N2OS/c1-10-8-11(14)2-3-12(10)17-9-13(16)4-6-15-7-5-13/h2-3,8,15-16H,4-7,9,14H2,1H3. The molecule has 0 atom stereocenters. The number of thioether (sulfide) groups is 1. The average Bonchev–Trinajstić information content (AvgIpc) is 2.29. The van der Waals surface area contributed by atoms with E-state index in [2.05, 4.69) is 12.2 Å². The van der Waals surface area contributed by atoms with Gasteiger partial charge in [-0.15, -0.1) is 11.8 Å². The highest BCUT2D eigenvalue weighted by molar-refractivity contribution is 7.99. The summed E-state index contributed by atoms with van der Waals surface area (Å²) in [5.74, 6) is 0.763. The summed E-state index contributed by atoms with van der Waals surface area (Å²) >= 11 is 1.73. The van der Waals surface area contributed by atoms with E-state index in [1.807, 2.05) is 18.2 Å². The van der Waals surface area contributed by atoms with Crippen molar-refractivity contribution in [2.24, 2.45) is 0 Å². The van der Waals surface area contributed by atoms with Crippen LogP contribution in [0.2, 0.25) is 0 Å². The Balaban J connectivity index is 1.97. The van der Waals surface area contributed by atoms with Crippen LogP contribution in [0.4, 0.5) is 5.69 Å². The number of benzene rings is 1. The van der Waals surface area contributed by atoms with Crippen molar-refractivity contribution < 1.29 is 5.11 Å². The Bertz CT molecular complexity index is 389. The molecule has 1 aromatic rings. The van der Waals surface area contributed by atoms with Crippen molar-refractivity contribution >= 4 is 17.4 Å². The zero-order valence-corrected chi connectivity index (χ0v) is 11.0. The lowest BCUT2D eigenvalue weighted by Gasteiger charge is -2.32. The van der Waals surface area contributed by atoms with Gasteiger partial charge in [-0.25, -0.2) is 0 Å². The lowest BCUT2D eigenvalue weighted by molar-refractivity contribution is 0.0339. The molecule has 3 nitrogen and oxygen atoms in total. The number of rotatable bonds is 3. The summed E-state index contributed by atoms with van der Waals surface area (Å²) in [6.07, 6.45) is 1.68. The first-order valence-electron chi connectivity index (χ1n) is 6.01. The van der Waals surface area contributed by atoms with Crippen molar-refractivity contribution in [3.8, 4) is 0 Å². The van der Waals surface area contributed by atoms with Crippen molar-refractivity contribution in [3.05, 3.63) is 23.8 Å². The maximum Gasteiger partial charge on any atom is 0.0765 e. The molecule has 0 radical (unpaired) electrons. The Kier molecular flexibility index (Phi) is 3.97. The number of nitrogens with one attached hydrogen (secondary N) is 1. The van der Waals surface area contributed by atoms with Crippen LogP contribution >= 0.6 is 11.8 Å². The van der Waals surface area contributed by atoms with Gasteiger partial charge in [0.2, 0.25) is 0 Å². The molecule has 1 aromatic carbocycles. The third-order valence-electron chi connectivity index (χ3n) is 3.23. The number of nitrogen functional groups attached to an aromatic ring is 1. The summed E-state index contributed by atoms with van der Waals surface area (Å²) < 4.78 is 0. The van der Waals surface area contributed by atoms with Crippen LogP contribution in [0.1, 0.15) is 18.4 Å². The fourth-order valence-corrected chi connectivity index (χ4v) is 3.25. The third kappa shape index (κ3) is 3.37. The van der Waals surface area contributed by atoms with Crippen LogP contribution in [0.15, 0.2) is 23.1 Å². The van der Waals surface area contributed by atoms with Crippen LogP contribution in [0.5, 0.6) is 0 Å². The van der Waals surface area contributed by atoms with Crippen LogP contribution in [0.25, 0.3) is 0 Å². The van der Waals surface area contributed by atoms with Gasteiger partial charge in [-0.1, -0.05) is 0 Å². The second-order valence-electron chi connectivity index (χ2n) is 4.79. The summed E-state index contributed by atoms with van der Waals surface area (Å²) in [6.45, 7) is 3.89. The van der Waals surface area contributed by atoms with E-state index in [4.69, 9.17) is 5.73 Å². The maximum absolute atomic E-state index is 10.4. The Morgan fingerprint density at radius 1 is 1.41 bits per heavy atom. The van der Waals surface area contributed by atoms with Gasteiger partial charge in [0.25, 0.3) is 0 Å². The zero-order chi connectivity index (χ0) is 12.3. The number of nitrogens with two attached hydrogens (primary N) is 1. The van der Waals surface area contributed by atoms with E-state index in [1.54, 1.807) is 11.8 Å². The molecule has 0 amide bonds. The molecule has 2 rings (SSSR count). The largest absolute Gasteiger partial charge is 0.399 e. The number of hydrogen-bond acceptors (Lipinski definition) is 4. The molecule has 1 heterocycles. The zero-order valence-electron chi connectivity index (χ0n) is 10.2. The lowest BCUT2D eigenvalue weighted by Crippen LogP contribution is -2.43. The third-order valence-corrected chi connectivity index (χ3v) is 4.68. The smallest absolute Gasteiger partial charge is 0.0765 e. The molecule has 1 fully saturated rings. The van der Waals surface area contributed by atoms with E-state index < -0.39 is 5.60 Å². The first-order chi connectivity index (χ1) is 8.09. The topological polar surface area (TPSA) is 58.3 Å². The van der Waals surface area contributed by atoms with Gasteiger partial charge in [0, 0.05) is 16.3 Å². The molecule has 0 aromatic heterocycles. The number of anilines is 1. The molecule has 94 valence electrons. The number of aliphatic hydroxyl groups is 1. The minimum absolute atomic E-state index is 0.510. The van der Waals surface area contributed by atoms with Crippen LogP contribution in [-0.2, 0) is 0 Å². The summed E-state index contributed by atoms with van der Waals surface area (Å²) in [5, 5.41) is 13.7. The highest BCUT2D eigenvalue weighted by Crippen LogP contribution is 2.30. The van der Waals surface area contributed by atoms with Gasteiger partial charge in [0.05, 0.1) is 5.60 Å². The first-order valence-corrected chi connectivity index (χ1v) is 7.00. The first kappa shape index (κ1) is 12.7. The van der Waals surface area contributed by atoms with Crippen molar-refractivity contribution in [2.75, 3.05) is 24.6 Å². The summed E-state index contributed by atoms with van der Waals surface area (Å²) in [4.78, 5) is 1.21. The second-order valence-corrected chi connectivity index (χ2v) is 5.81. The fraction of sp³-hybridized carbons (Fsp3) is 0.538. The van der Waals surface area contributed by atoms with E-state index in [0.717, 1.165) is 37.4 Å². The Morgan fingerprint density at radius 3 is 2.76 bits per heavy atom. The molecular formula is C13H20N2OS. The minimum Gasteiger partial charge on any atom is -0.399 e. The molecule has 1 saturated heterocycles. The molecule has 1 aliphatic rings. The van der Waals surface area contributed by atoms with E-state index >= 15 is 0 Å². The molecule has 0 unspecified atom stereocenters. The minimum atomic E-state index is -0.510. The van der Waals surface area contributed by atoms with Gasteiger partial charge in [-0.05, 0) is 56.6 Å². The van der Waals surface area contributed by atoms with Crippen LogP contribution < -0.4 is 11.1 Å². The maximum atomic E-state index is 10.4. The number of hydrogen-bond donors (Lipinski definition) is 3. The molecule has 4 N–H and O–H groups in total. The second kappa shape index (κ2) is 5.29. The molecule has 4 heteroatoms. The highest BCUT2D eigenvalue weighted by Gasteiger charge is 2.29. The van der Waals surface area contributed by atoms with E-state index in [9.17, 15) is 5.11 Å². The van der Waals surface area contributed by atoms with E-state index in [-0.39, 0.29) is 0 Å². The highest BCUT2D eigenvalue weighted by atomic mass is 32.2. The molecule has 0 spiro atoms. The molecule has 0 bridgehead atoms. The van der Waals surface area contributed by atoms with Crippen molar-refractivity contribution in [1.82, 2.24) is 5.32 Å². The predicted octanol–water partition coefficient (Wildman–Crippen LogP) is 1.78. The van der Waals surface area contributed by atoms with Crippen LogP contribution in [-0.4, -0.2) is 29.5 Å². The summed E-state index contributed by atoms with van der Waals surface area (Å²) in [6, 6.07) is 5.94. The van der Waals surface area contributed by atoms with Gasteiger partial charge in [-0.3, -0.25) is 0 Å². The average molecular weight is 252 g/mol. The number of piperidine rings is 1. The molecule has 17 heavy (non-hydrogen) atoms. The van der Waals surface area contributed by atoms with Crippen LogP contribution in [0, 0.1) is 6.92 Å². The van der Waals surface area contributed by atoms with Crippen LogP contribution in [0.3, 0.4) is 0 Å². The lowest BCUT2D eigenvalue weighted by atomic mass is 9.95. The summed E-state index contributed by atoms with van der Waals surface area (Å²) in [5.41, 5.74) is 7.20. The monoisotopic (exact) mass is 252 g/mol. The van der Waals surface area contributed by atoms with E-state index in [0.29, 0.717) is 0 Å². The molecule has 0 saturated carbocycles. The molecule has 0 aliphatic carbocycles. The molecular weight excluding hydrogens is 232 g/mol. The van der Waals surface area contributed by atoms with E-state index in [1.165, 1.54) is 10.5 Å². The Labute approximate surface area is 107 Å². The normalized spacial score (nSPS) is 19.2.